The minimum absolute atomic E-state index is 0.0280. The van der Waals surface area contributed by atoms with Crippen LogP contribution >= 0.6 is 11.8 Å². The van der Waals surface area contributed by atoms with Crippen molar-refractivity contribution >= 4 is 23.6 Å². The van der Waals surface area contributed by atoms with Gasteiger partial charge < -0.3 is 9.64 Å². The monoisotopic (exact) mass is 391 g/mol. The van der Waals surface area contributed by atoms with Crippen LogP contribution in [0, 0.1) is 30.1 Å². The normalized spacial score (nSPS) is 10.8. The van der Waals surface area contributed by atoms with Crippen molar-refractivity contribution in [1.82, 2.24) is 9.88 Å². The lowest BCUT2D eigenvalue weighted by molar-refractivity contribution is -0.129. The van der Waals surface area contributed by atoms with Gasteiger partial charge in [-0.3, -0.25) is 4.79 Å². The Morgan fingerprint density at radius 1 is 1.26 bits per heavy atom. The average molecular weight is 392 g/mol. The number of amides is 1. The van der Waals surface area contributed by atoms with Gasteiger partial charge >= 0.3 is 5.97 Å². The van der Waals surface area contributed by atoms with Crippen molar-refractivity contribution in [3.05, 3.63) is 22.9 Å². The molecule has 0 aliphatic carbocycles. The molecule has 27 heavy (non-hydrogen) atoms. The molecule has 0 aromatic carbocycles. The van der Waals surface area contributed by atoms with Gasteiger partial charge in [0.15, 0.2) is 0 Å². The van der Waals surface area contributed by atoms with E-state index in [0.29, 0.717) is 35.6 Å². The summed E-state index contributed by atoms with van der Waals surface area (Å²) >= 11 is 1.23. The second-order valence-corrected chi connectivity index (χ2v) is 8.15. The molecule has 1 aromatic heterocycles. The number of ether oxygens (including phenoxy) is 1. The number of nitrogens with zero attached hydrogens (tertiary/aromatic N) is 3. The van der Waals surface area contributed by atoms with Crippen LogP contribution in [0.1, 0.15) is 56.2 Å². The van der Waals surface area contributed by atoms with Crippen molar-refractivity contribution in [1.29, 1.82) is 5.26 Å². The average Bonchev–Trinajstić information content (AvgIpc) is 2.58. The molecule has 148 valence electrons. The van der Waals surface area contributed by atoms with E-state index in [9.17, 15) is 14.9 Å². The van der Waals surface area contributed by atoms with Gasteiger partial charge in [0.05, 0.1) is 29.2 Å². The Morgan fingerprint density at radius 2 is 1.85 bits per heavy atom. The molecule has 0 N–H and O–H groups in total. The Labute approximate surface area is 166 Å². The third kappa shape index (κ3) is 7.22. The largest absolute Gasteiger partial charge is 0.462 e. The Bertz CT molecular complexity index is 701. The number of pyridine rings is 1. The maximum atomic E-state index is 12.7. The third-order valence-electron chi connectivity index (χ3n) is 3.65. The van der Waals surface area contributed by atoms with E-state index in [-0.39, 0.29) is 29.4 Å². The lowest BCUT2D eigenvalue weighted by atomic mass is 10.1. The molecule has 0 atom stereocenters. The number of rotatable bonds is 9. The lowest BCUT2D eigenvalue weighted by Crippen LogP contribution is -2.38. The van der Waals surface area contributed by atoms with Gasteiger partial charge in [-0.2, -0.15) is 5.26 Å². The minimum Gasteiger partial charge on any atom is -0.462 e. The first-order chi connectivity index (χ1) is 12.7. The zero-order valence-corrected chi connectivity index (χ0v) is 17.9. The SMILES string of the molecule is CCOC(=O)c1cc(C#N)c(SCC(=O)N(CC(C)C)CC(C)C)nc1C. The molecule has 0 radical (unpaired) electrons. The maximum Gasteiger partial charge on any atom is 0.340 e. The number of nitriles is 1. The van der Waals surface area contributed by atoms with Crippen LogP contribution in [0.25, 0.3) is 0 Å². The molecule has 0 aliphatic heterocycles. The molecule has 1 amide bonds. The number of carbonyl (C=O) groups is 2. The van der Waals surface area contributed by atoms with Crippen LogP contribution in [0.4, 0.5) is 0 Å². The van der Waals surface area contributed by atoms with E-state index >= 15 is 0 Å². The number of aryl methyl sites for hydroxylation is 1. The van der Waals surface area contributed by atoms with Gasteiger partial charge in [-0.15, -0.1) is 0 Å². The Kier molecular flexibility index (Phi) is 9.30. The van der Waals surface area contributed by atoms with Crippen molar-refractivity contribution in [3.8, 4) is 6.07 Å². The molecule has 0 aliphatic rings. The Balaban J connectivity index is 2.94. The summed E-state index contributed by atoms with van der Waals surface area (Å²) in [5.74, 6) is 0.513. The summed E-state index contributed by atoms with van der Waals surface area (Å²) in [6.45, 7) is 13.4. The molecule has 1 rings (SSSR count). The molecule has 0 bridgehead atoms. The van der Waals surface area contributed by atoms with Crippen LogP contribution in [0.5, 0.6) is 0 Å². The van der Waals surface area contributed by atoms with Gasteiger partial charge in [0.25, 0.3) is 0 Å². The molecule has 0 spiro atoms. The highest BCUT2D eigenvalue weighted by atomic mass is 32.2. The van der Waals surface area contributed by atoms with Crippen LogP contribution in [0.3, 0.4) is 0 Å². The first-order valence-corrected chi connectivity index (χ1v) is 10.2. The van der Waals surface area contributed by atoms with Crippen LogP contribution in [0.15, 0.2) is 11.1 Å². The first kappa shape index (κ1) is 23.0. The Hall–Kier alpha value is -2.07. The smallest absolute Gasteiger partial charge is 0.340 e. The van der Waals surface area contributed by atoms with Gasteiger partial charge in [0.2, 0.25) is 5.91 Å². The summed E-state index contributed by atoms with van der Waals surface area (Å²) in [6.07, 6.45) is 0. The fraction of sp³-hybridized carbons (Fsp3) is 0.600. The third-order valence-corrected chi connectivity index (χ3v) is 4.63. The van der Waals surface area contributed by atoms with Gasteiger partial charge in [-0.25, -0.2) is 9.78 Å². The number of hydrogen-bond acceptors (Lipinski definition) is 6. The fourth-order valence-electron chi connectivity index (χ4n) is 2.57. The summed E-state index contributed by atoms with van der Waals surface area (Å²) in [5, 5.41) is 9.87. The number of esters is 1. The Morgan fingerprint density at radius 3 is 2.33 bits per heavy atom. The van der Waals surface area contributed by atoms with Crippen LogP contribution in [-0.2, 0) is 9.53 Å². The summed E-state index contributed by atoms with van der Waals surface area (Å²) < 4.78 is 5.00. The maximum absolute atomic E-state index is 12.7. The van der Waals surface area contributed by atoms with Gasteiger partial charge in [-0.1, -0.05) is 39.5 Å². The molecule has 1 aromatic rings. The van der Waals surface area contributed by atoms with E-state index in [2.05, 4.69) is 38.7 Å². The van der Waals surface area contributed by atoms with Gasteiger partial charge in [0.1, 0.15) is 11.1 Å². The standard InChI is InChI=1S/C20H29N3O3S/c1-7-26-20(25)17-8-16(9-21)19(22-15(17)6)27-12-18(24)23(10-13(2)3)11-14(4)5/h8,13-14H,7,10-12H2,1-6H3. The molecule has 7 heteroatoms. The van der Waals surface area contributed by atoms with Gasteiger partial charge in [-0.05, 0) is 31.7 Å². The molecule has 0 fully saturated rings. The van der Waals surface area contributed by atoms with Crippen molar-refractivity contribution in [2.45, 2.75) is 46.6 Å². The number of carbonyl (C=O) groups excluding carboxylic acids is 2. The molecule has 0 saturated heterocycles. The molecule has 0 unspecified atom stereocenters. The highest BCUT2D eigenvalue weighted by Crippen LogP contribution is 2.24. The van der Waals surface area contributed by atoms with E-state index in [1.165, 1.54) is 17.8 Å². The first-order valence-electron chi connectivity index (χ1n) is 9.18. The zero-order valence-electron chi connectivity index (χ0n) is 17.0. The number of thioether (sulfide) groups is 1. The second-order valence-electron chi connectivity index (χ2n) is 7.18. The van der Waals surface area contributed by atoms with Crippen LogP contribution in [-0.4, -0.2) is 47.2 Å². The summed E-state index contributed by atoms with van der Waals surface area (Å²) in [5.41, 5.74) is 1.05. The fourth-order valence-corrected chi connectivity index (χ4v) is 3.47. The topological polar surface area (TPSA) is 83.3 Å². The molecule has 6 nitrogen and oxygen atoms in total. The van der Waals surface area contributed by atoms with E-state index < -0.39 is 5.97 Å². The molecule has 0 saturated carbocycles. The van der Waals surface area contributed by atoms with E-state index in [4.69, 9.17) is 4.74 Å². The number of aromatic nitrogens is 1. The highest BCUT2D eigenvalue weighted by Gasteiger charge is 2.20. The van der Waals surface area contributed by atoms with Crippen LogP contribution < -0.4 is 0 Å². The second kappa shape index (κ2) is 10.9. The minimum atomic E-state index is -0.494. The summed E-state index contributed by atoms with van der Waals surface area (Å²) in [6, 6.07) is 3.55. The quantitative estimate of drug-likeness (QED) is 0.472. The number of hydrogen-bond donors (Lipinski definition) is 0. The predicted molar refractivity (Wildman–Crippen MR) is 107 cm³/mol. The van der Waals surface area contributed by atoms with Crippen molar-refractivity contribution in [2.24, 2.45) is 11.8 Å². The molecule has 1 heterocycles. The zero-order chi connectivity index (χ0) is 20.6. The van der Waals surface area contributed by atoms with Crippen molar-refractivity contribution in [2.75, 3.05) is 25.4 Å². The summed E-state index contributed by atoms with van der Waals surface area (Å²) in [7, 11) is 0. The van der Waals surface area contributed by atoms with Crippen LogP contribution in [0.2, 0.25) is 0 Å². The van der Waals surface area contributed by atoms with Crippen molar-refractivity contribution < 1.29 is 14.3 Å². The van der Waals surface area contributed by atoms with Crippen molar-refractivity contribution in [3.63, 3.8) is 0 Å². The predicted octanol–water partition coefficient (Wildman–Crippen LogP) is 3.67. The van der Waals surface area contributed by atoms with E-state index in [0.717, 1.165) is 0 Å². The molecular formula is C20H29N3O3S. The highest BCUT2D eigenvalue weighted by molar-refractivity contribution is 8.00. The van der Waals surface area contributed by atoms with E-state index in [1.807, 2.05) is 4.90 Å². The van der Waals surface area contributed by atoms with Gasteiger partial charge in [0, 0.05) is 13.1 Å². The van der Waals surface area contributed by atoms with E-state index in [1.54, 1.807) is 13.8 Å². The summed E-state index contributed by atoms with van der Waals surface area (Å²) in [4.78, 5) is 30.9. The lowest BCUT2D eigenvalue weighted by Gasteiger charge is -2.26. The molecular weight excluding hydrogens is 362 g/mol.